The van der Waals surface area contributed by atoms with Crippen LogP contribution in [0.2, 0.25) is 0 Å². The minimum atomic E-state index is -2.53. The van der Waals surface area contributed by atoms with E-state index in [0.29, 0.717) is 23.5 Å². The number of aromatic nitrogens is 3. The van der Waals surface area contributed by atoms with E-state index in [0.717, 1.165) is 17.7 Å². The van der Waals surface area contributed by atoms with Crippen molar-refractivity contribution in [3.8, 4) is 0 Å². The fourth-order valence-corrected chi connectivity index (χ4v) is 2.83. The molecule has 3 heterocycles. The van der Waals surface area contributed by atoms with Gasteiger partial charge in [0.25, 0.3) is 6.43 Å². The molecule has 0 N–H and O–H groups in total. The molecule has 1 aliphatic heterocycles. The first-order valence-corrected chi connectivity index (χ1v) is 7.05. The van der Waals surface area contributed by atoms with Crippen molar-refractivity contribution in [2.24, 2.45) is 7.05 Å². The van der Waals surface area contributed by atoms with E-state index in [1.54, 1.807) is 12.3 Å². The lowest BCUT2D eigenvalue weighted by Crippen LogP contribution is -2.32. The largest absolute Gasteiger partial charge is 0.351 e. The van der Waals surface area contributed by atoms with Crippen LogP contribution >= 0.6 is 15.9 Å². The summed E-state index contributed by atoms with van der Waals surface area (Å²) in [4.78, 5) is 6.12. The maximum absolute atomic E-state index is 13.1. The van der Waals surface area contributed by atoms with Gasteiger partial charge < -0.3 is 4.90 Å². The Labute approximate surface area is 123 Å². The molecule has 0 saturated heterocycles. The molecule has 0 radical (unpaired) electrons. The Morgan fingerprint density at radius 3 is 2.90 bits per heavy atom. The molecule has 3 rings (SSSR count). The van der Waals surface area contributed by atoms with Gasteiger partial charge >= 0.3 is 0 Å². The zero-order chi connectivity index (χ0) is 14.3. The van der Waals surface area contributed by atoms with Gasteiger partial charge in [-0.05, 0) is 28.1 Å². The summed E-state index contributed by atoms with van der Waals surface area (Å²) in [5, 5.41) is 4.21. The van der Waals surface area contributed by atoms with E-state index in [1.165, 1.54) is 6.07 Å². The number of anilines is 1. The zero-order valence-corrected chi connectivity index (χ0v) is 12.4. The third kappa shape index (κ3) is 2.30. The van der Waals surface area contributed by atoms with Crippen molar-refractivity contribution in [3.63, 3.8) is 0 Å². The van der Waals surface area contributed by atoms with Crippen molar-refractivity contribution >= 4 is 21.7 Å². The van der Waals surface area contributed by atoms with E-state index in [2.05, 4.69) is 26.0 Å². The van der Waals surface area contributed by atoms with Crippen molar-refractivity contribution in [2.75, 3.05) is 11.4 Å². The maximum atomic E-state index is 13.1. The highest BCUT2D eigenvalue weighted by atomic mass is 79.9. The Kier molecular flexibility index (Phi) is 3.45. The fraction of sp³-hybridized carbons (Fsp3) is 0.385. The van der Waals surface area contributed by atoms with Gasteiger partial charge in [0.1, 0.15) is 10.4 Å². The molecule has 106 valence electrons. The van der Waals surface area contributed by atoms with Crippen LogP contribution in [0.1, 0.15) is 23.2 Å². The highest BCUT2D eigenvalue weighted by Crippen LogP contribution is 2.32. The van der Waals surface area contributed by atoms with Gasteiger partial charge in [0.05, 0.1) is 11.8 Å². The van der Waals surface area contributed by atoms with Crippen LogP contribution in [0.5, 0.6) is 0 Å². The minimum absolute atomic E-state index is 0.0273. The quantitative estimate of drug-likeness (QED) is 0.786. The topological polar surface area (TPSA) is 34.0 Å². The van der Waals surface area contributed by atoms with Crippen LogP contribution in [-0.4, -0.2) is 21.3 Å². The van der Waals surface area contributed by atoms with Crippen LogP contribution < -0.4 is 4.90 Å². The Morgan fingerprint density at radius 1 is 1.35 bits per heavy atom. The molecule has 2 aromatic heterocycles. The van der Waals surface area contributed by atoms with Crippen molar-refractivity contribution in [3.05, 3.63) is 39.8 Å². The summed E-state index contributed by atoms with van der Waals surface area (Å²) in [5.74, 6) is 0.351. The second-order valence-electron chi connectivity index (χ2n) is 4.76. The molecule has 0 spiro atoms. The number of fused-ring (bicyclic) bond motifs is 1. The third-order valence-electron chi connectivity index (χ3n) is 3.53. The second-order valence-corrected chi connectivity index (χ2v) is 5.57. The van der Waals surface area contributed by atoms with Gasteiger partial charge in [-0.1, -0.05) is 0 Å². The van der Waals surface area contributed by atoms with E-state index in [-0.39, 0.29) is 5.56 Å². The van der Waals surface area contributed by atoms with Gasteiger partial charge in [-0.15, -0.1) is 0 Å². The minimum Gasteiger partial charge on any atom is -0.351 e. The van der Waals surface area contributed by atoms with Crippen molar-refractivity contribution in [1.82, 2.24) is 14.8 Å². The van der Waals surface area contributed by atoms with E-state index in [4.69, 9.17) is 0 Å². The van der Waals surface area contributed by atoms with E-state index in [9.17, 15) is 8.78 Å². The molecular weight excluding hydrogens is 330 g/mol. The molecule has 0 unspecified atom stereocenters. The predicted octanol–water partition coefficient (Wildman–Crippen LogP) is 3.08. The van der Waals surface area contributed by atoms with Crippen LogP contribution in [0.4, 0.5) is 14.6 Å². The number of hydrogen-bond donors (Lipinski definition) is 0. The van der Waals surface area contributed by atoms with E-state index in [1.807, 2.05) is 16.6 Å². The second kappa shape index (κ2) is 5.12. The third-order valence-corrected chi connectivity index (χ3v) is 3.98. The van der Waals surface area contributed by atoms with Crippen LogP contribution in [-0.2, 0) is 20.0 Å². The molecule has 0 fully saturated rings. The Hall–Kier alpha value is -1.50. The lowest BCUT2D eigenvalue weighted by Gasteiger charge is -2.29. The van der Waals surface area contributed by atoms with Crippen LogP contribution in [0.15, 0.2) is 22.9 Å². The summed E-state index contributed by atoms with van der Waals surface area (Å²) < 4.78 is 28.6. The molecule has 2 aromatic rings. The average Bonchev–Trinajstić information content (AvgIpc) is 2.79. The first-order valence-electron chi connectivity index (χ1n) is 6.25. The van der Waals surface area contributed by atoms with Crippen LogP contribution in [0.3, 0.4) is 0 Å². The number of halogens is 3. The van der Waals surface area contributed by atoms with Crippen molar-refractivity contribution in [2.45, 2.75) is 19.4 Å². The molecule has 0 bridgehead atoms. The predicted molar refractivity (Wildman–Crippen MR) is 74.9 cm³/mol. The molecule has 0 aliphatic carbocycles. The summed E-state index contributed by atoms with van der Waals surface area (Å²) in [7, 11) is 1.90. The molecule has 0 amide bonds. The number of hydrogen-bond acceptors (Lipinski definition) is 3. The highest BCUT2D eigenvalue weighted by Gasteiger charge is 2.25. The Morgan fingerprint density at radius 2 is 2.15 bits per heavy atom. The van der Waals surface area contributed by atoms with Crippen LogP contribution in [0, 0.1) is 0 Å². The SMILES string of the molecule is Cn1ncc2c1CCN(c1nc(Br)ccc1C(F)F)C2. The van der Waals surface area contributed by atoms with Gasteiger partial charge in [-0.3, -0.25) is 4.68 Å². The average molecular weight is 343 g/mol. The highest BCUT2D eigenvalue weighted by molar-refractivity contribution is 9.10. The smallest absolute Gasteiger partial charge is 0.267 e. The van der Waals surface area contributed by atoms with Crippen molar-refractivity contribution < 1.29 is 8.78 Å². The molecule has 20 heavy (non-hydrogen) atoms. The number of alkyl halides is 2. The van der Waals surface area contributed by atoms with Gasteiger partial charge in [0.15, 0.2) is 0 Å². The summed E-state index contributed by atoms with van der Waals surface area (Å²) >= 11 is 3.25. The molecular formula is C13H13BrF2N4. The zero-order valence-electron chi connectivity index (χ0n) is 10.9. The number of rotatable bonds is 2. The van der Waals surface area contributed by atoms with Gasteiger partial charge in [0.2, 0.25) is 0 Å². The van der Waals surface area contributed by atoms with E-state index < -0.39 is 6.43 Å². The molecule has 0 atom stereocenters. The van der Waals surface area contributed by atoms with Crippen LogP contribution in [0.25, 0.3) is 0 Å². The summed E-state index contributed by atoms with van der Waals surface area (Å²) in [6.45, 7) is 1.22. The Balaban J connectivity index is 1.97. The molecule has 0 saturated carbocycles. The summed E-state index contributed by atoms with van der Waals surface area (Å²) in [6.07, 6.45) is 0.0467. The monoisotopic (exact) mass is 342 g/mol. The van der Waals surface area contributed by atoms with E-state index >= 15 is 0 Å². The maximum Gasteiger partial charge on any atom is 0.267 e. The summed E-state index contributed by atoms with van der Waals surface area (Å²) in [5.41, 5.74) is 2.20. The number of aryl methyl sites for hydroxylation is 1. The number of nitrogens with zero attached hydrogens (tertiary/aromatic N) is 4. The van der Waals surface area contributed by atoms with Gasteiger partial charge in [-0.25, -0.2) is 13.8 Å². The summed E-state index contributed by atoms with van der Waals surface area (Å²) in [6, 6.07) is 2.97. The first-order chi connectivity index (χ1) is 9.56. The standard InChI is InChI=1S/C13H13BrF2N4/c1-19-10-4-5-20(7-8(10)6-17-19)13-9(12(15)16)2-3-11(14)18-13/h2-3,6,12H,4-5,7H2,1H3. The van der Waals surface area contributed by atoms with Crippen molar-refractivity contribution in [1.29, 1.82) is 0 Å². The molecule has 0 aromatic carbocycles. The first kappa shape index (κ1) is 13.5. The Bertz CT molecular complexity index is 641. The van der Waals surface area contributed by atoms with Gasteiger partial charge in [0, 0.05) is 37.8 Å². The lowest BCUT2D eigenvalue weighted by molar-refractivity contribution is 0.151. The number of pyridine rings is 1. The normalized spacial score (nSPS) is 14.8. The molecule has 1 aliphatic rings. The molecule has 7 heteroatoms. The fourth-order valence-electron chi connectivity index (χ4n) is 2.53. The molecule has 4 nitrogen and oxygen atoms in total. The lowest BCUT2D eigenvalue weighted by atomic mass is 10.1. The van der Waals surface area contributed by atoms with Gasteiger partial charge in [-0.2, -0.15) is 5.10 Å².